The summed E-state index contributed by atoms with van der Waals surface area (Å²) < 4.78 is 0. The smallest absolute Gasteiger partial charge is 0.139 e. The molecule has 2 aromatic heterocycles. The summed E-state index contributed by atoms with van der Waals surface area (Å²) in [6.07, 6.45) is -0.427. The van der Waals surface area contributed by atoms with Crippen molar-refractivity contribution in [1.29, 1.82) is 0 Å². The van der Waals surface area contributed by atoms with Gasteiger partial charge in [-0.3, -0.25) is 0 Å². The molecular weight excluding hydrogens is 306 g/mol. The van der Waals surface area contributed by atoms with E-state index in [1.165, 1.54) is 16.7 Å². The summed E-state index contributed by atoms with van der Waals surface area (Å²) in [7, 11) is 0. The second kappa shape index (κ2) is 6.26. The van der Waals surface area contributed by atoms with Crippen LogP contribution in [0.1, 0.15) is 23.9 Å². The van der Waals surface area contributed by atoms with Crippen LogP contribution in [0.5, 0.6) is 0 Å². The van der Waals surface area contributed by atoms with Gasteiger partial charge in [-0.15, -0.1) is 11.3 Å². The maximum Gasteiger partial charge on any atom is 0.139 e. The molecule has 2 heterocycles. The van der Waals surface area contributed by atoms with Crippen LogP contribution in [0.25, 0.3) is 21.3 Å². The number of thiophene rings is 1. The number of anilines is 1. The summed E-state index contributed by atoms with van der Waals surface area (Å²) in [5.41, 5.74) is 4.87. The highest BCUT2D eigenvalue weighted by molar-refractivity contribution is 7.17. The first-order chi connectivity index (χ1) is 11.0. The molecule has 0 fully saturated rings. The van der Waals surface area contributed by atoms with Gasteiger partial charge in [0.05, 0.1) is 11.5 Å². The predicted molar refractivity (Wildman–Crippen MR) is 97.2 cm³/mol. The van der Waals surface area contributed by atoms with Crippen LogP contribution in [0.4, 0.5) is 5.82 Å². The van der Waals surface area contributed by atoms with Crippen LogP contribution in [0.15, 0.2) is 23.6 Å². The average Bonchev–Trinajstić information content (AvgIpc) is 2.91. The molecule has 1 aromatic carbocycles. The van der Waals surface area contributed by atoms with Gasteiger partial charge in [0.15, 0.2) is 0 Å². The highest BCUT2D eigenvalue weighted by Crippen LogP contribution is 2.37. The molecular formula is C18H21N3OS. The van der Waals surface area contributed by atoms with Crippen molar-refractivity contribution in [3.63, 3.8) is 0 Å². The van der Waals surface area contributed by atoms with Gasteiger partial charge in [-0.25, -0.2) is 9.97 Å². The number of nitrogens with zero attached hydrogens (tertiary/aromatic N) is 2. The Morgan fingerprint density at radius 1 is 1.17 bits per heavy atom. The molecule has 2 N–H and O–H groups in total. The molecule has 1 unspecified atom stereocenters. The third-order valence-electron chi connectivity index (χ3n) is 3.93. The Labute approximate surface area is 140 Å². The van der Waals surface area contributed by atoms with Crippen molar-refractivity contribution in [2.75, 3.05) is 11.9 Å². The van der Waals surface area contributed by atoms with E-state index in [2.05, 4.69) is 52.7 Å². The molecule has 0 saturated carbocycles. The molecule has 0 spiro atoms. The minimum atomic E-state index is -0.427. The quantitative estimate of drug-likeness (QED) is 0.758. The summed E-state index contributed by atoms with van der Waals surface area (Å²) in [6.45, 7) is 8.36. The number of hydrogen-bond acceptors (Lipinski definition) is 5. The molecule has 1 atom stereocenters. The topological polar surface area (TPSA) is 58.0 Å². The van der Waals surface area contributed by atoms with E-state index in [0.717, 1.165) is 27.4 Å². The van der Waals surface area contributed by atoms with E-state index in [4.69, 9.17) is 0 Å². The van der Waals surface area contributed by atoms with E-state index >= 15 is 0 Å². The number of aryl methyl sites for hydroxylation is 3. The Morgan fingerprint density at radius 2 is 1.96 bits per heavy atom. The molecule has 3 rings (SSSR count). The fourth-order valence-electron chi connectivity index (χ4n) is 2.54. The number of benzene rings is 1. The first kappa shape index (κ1) is 15.9. The van der Waals surface area contributed by atoms with E-state index in [1.807, 2.05) is 6.92 Å². The van der Waals surface area contributed by atoms with Crippen molar-refractivity contribution < 1.29 is 5.11 Å². The lowest BCUT2D eigenvalue weighted by Crippen LogP contribution is -2.16. The van der Waals surface area contributed by atoms with Crippen molar-refractivity contribution >= 4 is 27.4 Å². The Balaban J connectivity index is 2.15. The van der Waals surface area contributed by atoms with Gasteiger partial charge in [0.2, 0.25) is 0 Å². The molecule has 0 saturated heterocycles. The van der Waals surface area contributed by atoms with Crippen LogP contribution in [-0.2, 0) is 0 Å². The number of aliphatic hydroxyl groups is 1. The minimum absolute atomic E-state index is 0.427. The standard InChI is InChI=1S/C18H21N3OS/c1-10-5-6-14(7-11(10)2)15-9-23-18-16(15)17(19-8-12(3)22)20-13(4)21-18/h5-7,9,12,22H,8H2,1-4H3,(H,19,20,21). The fraction of sp³-hybridized carbons (Fsp3) is 0.333. The lowest BCUT2D eigenvalue weighted by molar-refractivity contribution is 0.208. The summed E-state index contributed by atoms with van der Waals surface area (Å²) >= 11 is 1.63. The van der Waals surface area contributed by atoms with E-state index in [1.54, 1.807) is 18.3 Å². The number of hydrogen-bond donors (Lipinski definition) is 2. The summed E-state index contributed by atoms with van der Waals surface area (Å²) in [5, 5.41) is 16.0. The van der Waals surface area contributed by atoms with E-state index < -0.39 is 6.10 Å². The van der Waals surface area contributed by atoms with Crippen molar-refractivity contribution in [3.05, 3.63) is 40.5 Å². The van der Waals surface area contributed by atoms with Crippen molar-refractivity contribution in [3.8, 4) is 11.1 Å². The van der Waals surface area contributed by atoms with Gasteiger partial charge < -0.3 is 10.4 Å². The van der Waals surface area contributed by atoms with Gasteiger partial charge in [0.1, 0.15) is 16.5 Å². The van der Waals surface area contributed by atoms with Crippen LogP contribution in [0.3, 0.4) is 0 Å². The molecule has 0 radical (unpaired) electrons. The predicted octanol–water partition coefficient (Wildman–Crippen LogP) is 4.08. The second-order valence-corrected chi connectivity index (χ2v) is 6.84. The third kappa shape index (κ3) is 3.21. The molecule has 0 aliphatic heterocycles. The molecule has 4 nitrogen and oxygen atoms in total. The zero-order chi connectivity index (χ0) is 16.6. The summed E-state index contributed by atoms with van der Waals surface area (Å²) in [4.78, 5) is 10.1. The van der Waals surface area contributed by atoms with E-state index in [0.29, 0.717) is 6.54 Å². The Morgan fingerprint density at radius 3 is 2.65 bits per heavy atom. The van der Waals surface area contributed by atoms with Crippen LogP contribution >= 0.6 is 11.3 Å². The van der Waals surface area contributed by atoms with Crippen LogP contribution in [0, 0.1) is 20.8 Å². The SMILES string of the molecule is Cc1nc(NCC(C)O)c2c(-c3ccc(C)c(C)c3)csc2n1. The van der Waals surface area contributed by atoms with Crippen molar-refractivity contribution in [2.24, 2.45) is 0 Å². The Bertz CT molecular complexity index is 855. The highest BCUT2D eigenvalue weighted by atomic mass is 32.1. The monoisotopic (exact) mass is 327 g/mol. The third-order valence-corrected chi connectivity index (χ3v) is 4.80. The number of rotatable bonds is 4. The lowest BCUT2D eigenvalue weighted by Gasteiger charge is -2.11. The number of fused-ring (bicyclic) bond motifs is 1. The summed E-state index contributed by atoms with van der Waals surface area (Å²) in [6, 6.07) is 6.49. The number of aliphatic hydroxyl groups excluding tert-OH is 1. The van der Waals surface area contributed by atoms with Crippen LogP contribution in [0.2, 0.25) is 0 Å². The minimum Gasteiger partial charge on any atom is -0.392 e. The van der Waals surface area contributed by atoms with Gasteiger partial charge in [-0.1, -0.05) is 18.2 Å². The average molecular weight is 327 g/mol. The first-order valence-electron chi connectivity index (χ1n) is 7.71. The number of nitrogens with one attached hydrogen (secondary N) is 1. The van der Waals surface area contributed by atoms with Crippen molar-refractivity contribution in [2.45, 2.75) is 33.8 Å². The molecule has 3 aromatic rings. The van der Waals surface area contributed by atoms with Gasteiger partial charge in [-0.05, 0) is 44.4 Å². The van der Waals surface area contributed by atoms with Gasteiger partial charge in [0, 0.05) is 17.5 Å². The Hall–Kier alpha value is -1.98. The fourth-order valence-corrected chi connectivity index (χ4v) is 3.53. The zero-order valence-electron chi connectivity index (χ0n) is 13.8. The molecule has 23 heavy (non-hydrogen) atoms. The molecule has 0 amide bonds. The molecule has 0 aliphatic carbocycles. The Kier molecular flexibility index (Phi) is 4.33. The van der Waals surface area contributed by atoms with E-state index in [-0.39, 0.29) is 0 Å². The maximum absolute atomic E-state index is 9.56. The molecule has 120 valence electrons. The van der Waals surface area contributed by atoms with Crippen LogP contribution < -0.4 is 5.32 Å². The first-order valence-corrected chi connectivity index (χ1v) is 8.59. The van der Waals surface area contributed by atoms with Gasteiger partial charge in [-0.2, -0.15) is 0 Å². The van der Waals surface area contributed by atoms with Crippen molar-refractivity contribution in [1.82, 2.24) is 9.97 Å². The lowest BCUT2D eigenvalue weighted by atomic mass is 10.0. The zero-order valence-corrected chi connectivity index (χ0v) is 14.7. The van der Waals surface area contributed by atoms with Crippen LogP contribution in [-0.4, -0.2) is 27.7 Å². The largest absolute Gasteiger partial charge is 0.392 e. The molecule has 0 bridgehead atoms. The maximum atomic E-state index is 9.56. The molecule has 5 heteroatoms. The molecule has 0 aliphatic rings. The van der Waals surface area contributed by atoms with Gasteiger partial charge in [0.25, 0.3) is 0 Å². The highest BCUT2D eigenvalue weighted by Gasteiger charge is 2.15. The summed E-state index contributed by atoms with van der Waals surface area (Å²) in [5.74, 6) is 1.53. The number of aromatic nitrogens is 2. The second-order valence-electron chi connectivity index (χ2n) is 5.98. The normalized spacial score (nSPS) is 12.6. The van der Waals surface area contributed by atoms with E-state index in [9.17, 15) is 5.11 Å². The van der Waals surface area contributed by atoms with Gasteiger partial charge >= 0.3 is 0 Å².